The number of carbonyl (C=O) groups excluding carboxylic acids is 4. The first-order valence-electron chi connectivity index (χ1n) is 14.6. The second-order valence-corrected chi connectivity index (χ2v) is 10.7. The van der Waals surface area contributed by atoms with Crippen LogP contribution in [-0.2, 0) is 19.2 Å². The molecule has 2 aliphatic heterocycles. The fourth-order valence-electron chi connectivity index (χ4n) is 5.30. The maximum atomic E-state index is 13.4. The highest BCUT2D eigenvalue weighted by molar-refractivity contribution is 5.96. The molecule has 0 bridgehead atoms. The number of likely N-dealkylation sites (tertiary alicyclic amines) is 1. The molecule has 2 fully saturated rings. The van der Waals surface area contributed by atoms with Crippen LogP contribution in [0, 0.1) is 0 Å². The van der Waals surface area contributed by atoms with Crippen molar-refractivity contribution in [3.05, 3.63) is 42.1 Å². The van der Waals surface area contributed by atoms with Crippen molar-refractivity contribution in [2.24, 2.45) is 0 Å². The molecule has 2 aromatic rings. The molecule has 4 rings (SSSR count). The van der Waals surface area contributed by atoms with Gasteiger partial charge in [0.15, 0.2) is 12.3 Å². The third-order valence-corrected chi connectivity index (χ3v) is 7.56. The maximum Gasteiger partial charge on any atom is 0.303 e. The number of para-hydroxylation sites is 1. The number of hydrogen-bond donors (Lipinski definition) is 4. The van der Waals surface area contributed by atoms with Crippen LogP contribution in [-0.4, -0.2) is 118 Å². The first kappa shape index (κ1) is 32.4. The van der Waals surface area contributed by atoms with Crippen molar-refractivity contribution >= 4 is 29.6 Å². The maximum absolute atomic E-state index is 13.4. The topological polar surface area (TPSA) is 175 Å². The number of piperazine rings is 1. The van der Waals surface area contributed by atoms with Crippen molar-refractivity contribution in [3.63, 3.8) is 0 Å². The standard InChI is InChI=1S/C29H38FN7O7/c1-19-17-31-13-15-35(19)29(43)21(9-10-26(39)40)33-27(41)22-16-25(37(34-22)20-6-3-2-4-7-20)44-18-24(38)36-14-5-8-23(36)28(42)32-12-11-30/h2-4,6-7,16,19,21,23,31H,5,8-15,17-18H2,1H3,(H,32,42)(H,33,41)(H,39,40)/t19-,21-,23-/m0/s1. The van der Waals surface area contributed by atoms with Gasteiger partial charge in [0.2, 0.25) is 17.7 Å². The Morgan fingerprint density at radius 1 is 1.16 bits per heavy atom. The molecule has 0 spiro atoms. The molecule has 0 saturated carbocycles. The first-order chi connectivity index (χ1) is 21.2. The quantitative estimate of drug-likeness (QED) is 0.244. The molecular formula is C29H38FN7O7. The van der Waals surface area contributed by atoms with E-state index in [-0.39, 0.29) is 42.9 Å². The summed E-state index contributed by atoms with van der Waals surface area (Å²) < 4.78 is 19.7. The monoisotopic (exact) mass is 615 g/mol. The molecule has 1 aromatic heterocycles. The number of carboxylic acid groups (broad SMARTS) is 1. The highest BCUT2D eigenvalue weighted by Gasteiger charge is 2.35. The van der Waals surface area contributed by atoms with Gasteiger partial charge in [-0.2, -0.15) is 5.10 Å². The number of hydrogen-bond acceptors (Lipinski definition) is 8. The summed E-state index contributed by atoms with van der Waals surface area (Å²) in [4.78, 5) is 66.6. The minimum atomic E-state index is -1.10. The predicted octanol–water partition coefficient (Wildman–Crippen LogP) is 0.111. The van der Waals surface area contributed by atoms with E-state index in [1.165, 1.54) is 15.6 Å². The van der Waals surface area contributed by atoms with Crippen molar-refractivity contribution in [1.29, 1.82) is 0 Å². The molecule has 3 heterocycles. The Morgan fingerprint density at radius 2 is 1.93 bits per heavy atom. The summed E-state index contributed by atoms with van der Waals surface area (Å²) in [6, 6.07) is 8.12. The first-order valence-corrected chi connectivity index (χ1v) is 14.6. The lowest BCUT2D eigenvalue weighted by molar-refractivity contribution is -0.140. The molecule has 2 saturated heterocycles. The molecule has 3 atom stereocenters. The van der Waals surface area contributed by atoms with Gasteiger partial charge in [-0.3, -0.25) is 24.0 Å². The van der Waals surface area contributed by atoms with Crippen LogP contribution in [0.5, 0.6) is 5.88 Å². The van der Waals surface area contributed by atoms with Gasteiger partial charge in [0, 0.05) is 51.3 Å². The highest BCUT2D eigenvalue weighted by atomic mass is 19.1. The second kappa shape index (κ2) is 15.3. The predicted molar refractivity (Wildman–Crippen MR) is 155 cm³/mol. The van der Waals surface area contributed by atoms with Crippen molar-refractivity contribution in [2.45, 2.75) is 50.7 Å². The van der Waals surface area contributed by atoms with Crippen LogP contribution >= 0.6 is 0 Å². The highest BCUT2D eigenvalue weighted by Crippen LogP contribution is 2.22. The Hall–Kier alpha value is -4.53. The van der Waals surface area contributed by atoms with Crippen molar-refractivity contribution < 1.29 is 38.2 Å². The fraction of sp³-hybridized carbons (Fsp3) is 0.517. The Morgan fingerprint density at radius 3 is 2.64 bits per heavy atom. The van der Waals surface area contributed by atoms with Gasteiger partial charge < -0.3 is 35.6 Å². The van der Waals surface area contributed by atoms with Crippen LogP contribution in [0.2, 0.25) is 0 Å². The summed E-state index contributed by atoms with van der Waals surface area (Å²) in [7, 11) is 0. The Balaban J connectivity index is 1.51. The lowest BCUT2D eigenvalue weighted by atomic mass is 10.1. The lowest BCUT2D eigenvalue weighted by Crippen LogP contribution is -2.57. The Kier molecular flexibility index (Phi) is 11.2. The average Bonchev–Trinajstić information content (AvgIpc) is 3.69. The molecule has 0 unspecified atom stereocenters. The van der Waals surface area contributed by atoms with E-state index in [1.807, 2.05) is 6.92 Å². The Labute approximate surface area is 253 Å². The largest absolute Gasteiger partial charge is 0.481 e. The molecule has 4 amide bonds. The number of nitrogens with one attached hydrogen (secondary N) is 3. The molecule has 15 heteroatoms. The summed E-state index contributed by atoms with van der Waals surface area (Å²) in [5.74, 6) is -3.01. The number of ether oxygens (including phenoxy) is 1. The van der Waals surface area contributed by atoms with Crippen LogP contribution in [0.15, 0.2) is 36.4 Å². The number of aliphatic carboxylic acids is 1. The molecule has 2 aliphatic rings. The van der Waals surface area contributed by atoms with E-state index in [1.54, 1.807) is 35.2 Å². The summed E-state index contributed by atoms with van der Waals surface area (Å²) in [5.41, 5.74) is 0.425. The zero-order valence-electron chi connectivity index (χ0n) is 24.5. The number of rotatable bonds is 13. The van der Waals surface area contributed by atoms with Gasteiger partial charge in [-0.15, -0.1) is 0 Å². The van der Waals surface area contributed by atoms with Crippen LogP contribution < -0.4 is 20.7 Å². The summed E-state index contributed by atoms with van der Waals surface area (Å²) in [5, 5.41) is 21.9. The van der Waals surface area contributed by atoms with Crippen LogP contribution in [0.25, 0.3) is 5.69 Å². The third kappa shape index (κ3) is 8.09. The van der Waals surface area contributed by atoms with Gasteiger partial charge in [0.05, 0.1) is 5.69 Å². The normalized spacial score (nSPS) is 18.9. The van der Waals surface area contributed by atoms with Crippen LogP contribution in [0.1, 0.15) is 43.1 Å². The third-order valence-electron chi connectivity index (χ3n) is 7.56. The SMILES string of the molecule is C[C@H]1CNCCN1C(=O)[C@H](CCC(=O)O)NC(=O)c1cc(OCC(=O)N2CCC[C@H]2C(=O)NCCF)n(-c2ccccc2)n1. The van der Waals surface area contributed by atoms with Crippen molar-refractivity contribution in [2.75, 3.05) is 46.0 Å². The fourth-order valence-corrected chi connectivity index (χ4v) is 5.30. The molecule has 4 N–H and O–H groups in total. The molecule has 0 radical (unpaired) electrons. The number of aromatic nitrogens is 2. The van der Waals surface area contributed by atoms with Gasteiger partial charge in [-0.25, -0.2) is 9.07 Å². The average molecular weight is 616 g/mol. The molecule has 44 heavy (non-hydrogen) atoms. The van der Waals surface area contributed by atoms with E-state index in [0.717, 1.165) is 0 Å². The van der Waals surface area contributed by atoms with Gasteiger partial charge in [0.25, 0.3) is 11.8 Å². The Bertz CT molecular complexity index is 1340. The van der Waals surface area contributed by atoms with Crippen molar-refractivity contribution in [3.8, 4) is 11.6 Å². The zero-order valence-corrected chi connectivity index (χ0v) is 24.5. The van der Waals surface area contributed by atoms with E-state index in [0.29, 0.717) is 44.7 Å². The zero-order chi connectivity index (χ0) is 31.6. The number of benzene rings is 1. The summed E-state index contributed by atoms with van der Waals surface area (Å²) in [6.45, 7) is 2.50. The van der Waals surface area contributed by atoms with E-state index >= 15 is 0 Å². The minimum absolute atomic E-state index is 0.0662. The van der Waals surface area contributed by atoms with Gasteiger partial charge >= 0.3 is 5.97 Å². The van der Waals surface area contributed by atoms with E-state index in [4.69, 9.17) is 4.74 Å². The number of halogens is 1. The second-order valence-electron chi connectivity index (χ2n) is 10.7. The van der Waals surface area contributed by atoms with E-state index < -0.39 is 49.1 Å². The number of alkyl halides is 1. The lowest BCUT2D eigenvalue weighted by Gasteiger charge is -2.36. The summed E-state index contributed by atoms with van der Waals surface area (Å²) in [6.07, 6.45) is 0.629. The van der Waals surface area contributed by atoms with E-state index in [2.05, 4.69) is 21.0 Å². The van der Waals surface area contributed by atoms with Crippen LogP contribution in [0.3, 0.4) is 0 Å². The number of carboxylic acids is 1. The smallest absolute Gasteiger partial charge is 0.303 e. The number of carbonyl (C=O) groups is 5. The van der Waals surface area contributed by atoms with Gasteiger partial charge in [-0.1, -0.05) is 18.2 Å². The van der Waals surface area contributed by atoms with Gasteiger partial charge in [0.1, 0.15) is 18.8 Å². The number of amides is 4. The van der Waals surface area contributed by atoms with Crippen LogP contribution in [0.4, 0.5) is 4.39 Å². The molecule has 14 nitrogen and oxygen atoms in total. The van der Waals surface area contributed by atoms with E-state index in [9.17, 15) is 33.5 Å². The number of nitrogens with zero attached hydrogens (tertiary/aromatic N) is 4. The van der Waals surface area contributed by atoms with Gasteiger partial charge in [-0.05, 0) is 38.3 Å². The van der Waals surface area contributed by atoms with Crippen molar-refractivity contribution in [1.82, 2.24) is 35.5 Å². The molecular weight excluding hydrogens is 577 g/mol. The molecule has 0 aliphatic carbocycles. The summed E-state index contributed by atoms with van der Waals surface area (Å²) >= 11 is 0. The minimum Gasteiger partial charge on any atom is -0.481 e. The molecule has 1 aromatic carbocycles. The molecule has 238 valence electrons.